The van der Waals surface area contributed by atoms with Gasteiger partial charge in [0.15, 0.2) is 0 Å². The topological polar surface area (TPSA) is 78.7 Å². The van der Waals surface area contributed by atoms with Crippen molar-refractivity contribution < 1.29 is 28.0 Å². The number of non-ortho nitro benzene ring substituents is 1. The summed E-state index contributed by atoms with van der Waals surface area (Å²) in [5, 5.41) is 10.7. The van der Waals surface area contributed by atoms with Gasteiger partial charge >= 0.3 is 12.6 Å². The van der Waals surface area contributed by atoms with Crippen LogP contribution in [0.4, 0.5) is 14.5 Å². The fraction of sp³-hybridized carbons (Fsp3) is 0.364. The maximum Gasteiger partial charge on any atom is 0.387 e. The van der Waals surface area contributed by atoms with Crippen LogP contribution in [0.3, 0.4) is 0 Å². The van der Waals surface area contributed by atoms with Crippen molar-refractivity contribution in [2.75, 3.05) is 6.61 Å². The van der Waals surface area contributed by atoms with E-state index in [-0.39, 0.29) is 23.6 Å². The van der Waals surface area contributed by atoms with Crippen molar-refractivity contribution in [2.24, 2.45) is 0 Å². The number of ether oxygens (including phenoxy) is 2. The van der Waals surface area contributed by atoms with Crippen LogP contribution < -0.4 is 4.74 Å². The van der Waals surface area contributed by atoms with Gasteiger partial charge in [-0.3, -0.25) is 10.1 Å². The van der Waals surface area contributed by atoms with Gasteiger partial charge in [-0.15, -0.1) is 11.6 Å². The van der Waals surface area contributed by atoms with Gasteiger partial charge in [0.05, 0.1) is 29.0 Å². The molecule has 0 aliphatic heterocycles. The van der Waals surface area contributed by atoms with E-state index in [1.54, 1.807) is 0 Å². The summed E-state index contributed by atoms with van der Waals surface area (Å²) >= 11 is 5.59. The van der Waals surface area contributed by atoms with Gasteiger partial charge in [0, 0.05) is 11.6 Å². The molecule has 0 radical (unpaired) electrons. The largest absolute Gasteiger partial charge is 0.462 e. The van der Waals surface area contributed by atoms with Crippen LogP contribution in [0.15, 0.2) is 12.1 Å². The summed E-state index contributed by atoms with van der Waals surface area (Å²) in [7, 11) is 0. The number of nitrogens with zero attached hydrogens (tertiary/aromatic N) is 1. The molecular formula is C11H10ClF2NO5. The molecular weight excluding hydrogens is 300 g/mol. The van der Waals surface area contributed by atoms with E-state index in [9.17, 15) is 23.7 Å². The van der Waals surface area contributed by atoms with Crippen LogP contribution in [0.1, 0.15) is 22.8 Å². The number of carbonyl (C=O) groups excluding carboxylic acids is 1. The summed E-state index contributed by atoms with van der Waals surface area (Å²) in [5.41, 5.74) is -0.930. The second-order valence-electron chi connectivity index (χ2n) is 3.46. The molecule has 0 aliphatic carbocycles. The first-order chi connectivity index (χ1) is 9.40. The Bertz CT molecular complexity index is 524. The number of rotatable bonds is 6. The van der Waals surface area contributed by atoms with Crippen molar-refractivity contribution in [2.45, 2.75) is 19.4 Å². The van der Waals surface area contributed by atoms with Crippen LogP contribution in [-0.2, 0) is 10.6 Å². The quantitative estimate of drug-likeness (QED) is 0.349. The zero-order chi connectivity index (χ0) is 15.3. The normalized spacial score (nSPS) is 10.4. The first kappa shape index (κ1) is 16.1. The van der Waals surface area contributed by atoms with Crippen LogP contribution in [-0.4, -0.2) is 24.1 Å². The van der Waals surface area contributed by atoms with Crippen molar-refractivity contribution in [1.29, 1.82) is 0 Å². The van der Waals surface area contributed by atoms with E-state index in [2.05, 4.69) is 4.74 Å². The lowest BCUT2D eigenvalue weighted by molar-refractivity contribution is -0.385. The number of halogens is 3. The summed E-state index contributed by atoms with van der Waals surface area (Å²) in [6.45, 7) is -1.64. The van der Waals surface area contributed by atoms with Gasteiger partial charge in [-0.2, -0.15) is 8.78 Å². The first-order valence-electron chi connectivity index (χ1n) is 5.39. The Hall–Kier alpha value is -1.96. The van der Waals surface area contributed by atoms with Gasteiger partial charge in [-0.05, 0) is 6.92 Å². The highest BCUT2D eigenvalue weighted by Crippen LogP contribution is 2.31. The number of esters is 1. The third-order valence-electron chi connectivity index (χ3n) is 2.25. The fourth-order valence-electron chi connectivity index (χ4n) is 1.47. The highest BCUT2D eigenvalue weighted by molar-refractivity contribution is 6.18. The van der Waals surface area contributed by atoms with E-state index >= 15 is 0 Å². The predicted molar refractivity (Wildman–Crippen MR) is 65.2 cm³/mol. The molecule has 1 aromatic carbocycles. The van der Waals surface area contributed by atoms with E-state index in [0.29, 0.717) is 0 Å². The maximum absolute atomic E-state index is 12.3. The lowest BCUT2D eigenvalue weighted by Crippen LogP contribution is -2.12. The highest BCUT2D eigenvalue weighted by Gasteiger charge is 2.24. The van der Waals surface area contributed by atoms with E-state index in [1.165, 1.54) is 6.92 Å². The fourth-order valence-corrected chi connectivity index (χ4v) is 1.74. The van der Waals surface area contributed by atoms with Crippen molar-refractivity contribution in [3.63, 3.8) is 0 Å². The molecule has 20 heavy (non-hydrogen) atoms. The standard InChI is InChI=1S/C11H10ClF2NO5/c1-2-19-10(16)7-3-6(15(17)18)4-9(8(7)5-12)20-11(13)14/h3-4,11H,2,5H2,1H3. The Morgan fingerprint density at radius 1 is 1.50 bits per heavy atom. The lowest BCUT2D eigenvalue weighted by Gasteiger charge is -2.12. The molecule has 0 N–H and O–H groups in total. The Kier molecular flexibility index (Phi) is 5.63. The summed E-state index contributed by atoms with van der Waals surface area (Å²) in [4.78, 5) is 21.6. The van der Waals surface area contributed by atoms with Crippen LogP contribution in [0.5, 0.6) is 5.75 Å². The number of benzene rings is 1. The van der Waals surface area contributed by atoms with E-state index in [1.807, 2.05) is 0 Å². The minimum Gasteiger partial charge on any atom is -0.462 e. The van der Waals surface area contributed by atoms with Crippen LogP contribution >= 0.6 is 11.6 Å². The van der Waals surface area contributed by atoms with Gasteiger partial charge in [0.1, 0.15) is 5.75 Å². The molecule has 110 valence electrons. The van der Waals surface area contributed by atoms with Crippen LogP contribution in [0, 0.1) is 10.1 Å². The molecule has 0 aromatic heterocycles. The second-order valence-corrected chi connectivity index (χ2v) is 3.73. The van der Waals surface area contributed by atoms with Crippen LogP contribution in [0.25, 0.3) is 0 Å². The minimum absolute atomic E-state index is 0.0221. The molecule has 0 saturated heterocycles. The van der Waals surface area contributed by atoms with Gasteiger partial charge in [0.25, 0.3) is 5.69 Å². The number of nitro benzene ring substituents is 1. The molecule has 0 saturated carbocycles. The maximum atomic E-state index is 12.3. The Morgan fingerprint density at radius 2 is 2.15 bits per heavy atom. The van der Waals surface area contributed by atoms with Crippen molar-refractivity contribution in [3.8, 4) is 5.75 Å². The number of alkyl halides is 3. The SMILES string of the molecule is CCOC(=O)c1cc([N+](=O)[O-])cc(OC(F)F)c1CCl. The van der Waals surface area contributed by atoms with Crippen molar-refractivity contribution >= 4 is 23.3 Å². The van der Waals surface area contributed by atoms with E-state index < -0.39 is 28.9 Å². The molecule has 1 aromatic rings. The molecule has 6 nitrogen and oxygen atoms in total. The number of nitro groups is 1. The summed E-state index contributed by atoms with van der Waals surface area (Å²) in [5.74, 6) is -1.76. The smallest absolute Gasteiger partial charge is 0.387 e. The molecule has 9 heteroatoms. The molecule has 0 heterocycles. The molecule has 0 fully saturated rings. The van der Waals surface area contributed by atoms with Gasteiger partial charge < -0.3 is 9.47 Å². The predicted octanol–water partition coefficient (Wildman–Crippen LogP) is 3.11. The van der Waals surface area contributed by atoms with E-state index in [4.69, 9.17) is 16.3 Å². The first-order valence-corrected chi connectivity index (χ1v) is 5.93. The van der Waals surface area contributed by atoms with Gasteiger partial charge in [-0.25, -0.2) is 4.79 Å². The Balaban J connectivity index is 3.41. The lowest BCUT2D eigenvalue weighted by atomic mass is 10.1. The summed E-state index contributed by atoms with van der Waals surface area (Å²) in [6.07, 6.45) is 0. The summed E-state index contributed by atoms with van der Waals surface area (Å²) in [6, 6.07) is 1.70. The van der Waals surface area contributed by atoms with Gasteiger partial charge in [0.2, 0.25) is 0 Å². The average Bonchev–Trinajstić information content (AvgIpc) is 2.37. The van der Waals surface area contributed by atoms with Gasteiger partial charge in [-0.1, -0.05) is 0 Å². The summed E-state index contributed by atoms with van der Waals surface area (Å²) < 4.78 is 33.5. The highest BCUT2D eigenvalue weighted by atomic mass is 35.5. The Morgan fingerprint density at radius 3 is 2.60 bits per heavy atom. The molecule has 1 rings (SSSR count). The Labute approximate surface area is 117 Å². The molecule has 0 aliphatic rings. The third-order valence-corrected chi connectivity index (χ3v) is 2.52. The van der Waals surface area contributed by atoms with Crippen molar-refractivity contribution in [3.05, 3.63) is 33.4 Å². The number of hydrogen-bond donors (Lipinski definition) is 0. The van der Waals surface area contributed by atoms with Crippen LogP contribution in [0.2, 0.25) is 0 Å². The zero-order valence-corrected chi connectivity index (χ0v) is 11.0. The van der Waals surface area contributed by atoms with E-state index in [0.717, 1.165) is 12.1 Å². The molecule has 0 spiro atoms. The van der Waals surface area contributed by atoms with Crippen molar-refractivity contribution in [1.82, 2.24) is 0 Å². The zero-order valence-electron chi connectivity index (χ0n) is 10.3. The molecule has 0 unspecified atom stereocenters. The molecule has 0 atom stereocenters. The second kappa shape index (κ2) is 6.99. The monoisotopic (exact) mass is 309 g/mol. The minimum atomic E-state index is -3.20. The number of hydrogen-bond acceptors (Lipinski definition) is 5. The number of carbonyl (C=O) groups is 1. The third kappa shape index (κ3) is 3.77. The molecule has 0 bridgehead atoms. The average molecular weight is 310 g/mol. The molecule has 0 amide bonds.